The maximum absolute atomic E-state index is 17.8. The number of hydrogen-bond donors (Lipinski definition) is 1. The Morgan fingerprint density at radius 2 is 1.82 bits per heavy atom. The highest BCUT2D eigenvalue weighted by Gasteiger charge is 2.77. The van der Waals surface area contributed by atoms with Crippen LogP contribution in [0.25, 0.3) is 6.08 Å². The third-order valence-corrected chi connectivity index (χ3v) is 12.5. The number of carbonyl (C=O) groups is 5. The average Bonchev–Trinajstić information content (AvgIpc) is 3.37. The number of ether oxygens (including phenoxy) is 4. The van der Waals surface area contributed by atoms with Crippen LogP contribution in [0.4, 0.5) is 4.39 Å². The number of Topliss-reactive ketones (excluding diaryl/α,β-unsaturated/α-hetero) is 1. The Labute approximate surface area is 324 Å². The van der Waals surface area contributed by atoms with E-state index >= 15 is 4.39 Å². The molecule has 0 radical (unpaired) electrons. The van der Waals surface area contributed by atoms with Gasteiger partial charge >= 0.3 is 17.9 Å². The first kappa shape index (κ1) is 42.2. The predicted molar refractivity (Wildman–Crippen MR) is 197 cm³/mol. The van der Waals surface area contributed by atoms with E-state index in [0.717, 1.165) is 6.08 Å². The number of benzene rings is 1. The number of rotatable bonds is 16. The van der Waals surface area contributed by atoms with Crippen molar-refractivity contribution < 1.29 is 62.3 Å². The number of carbonyl (C=O) groups excluding carboxylic acids is 5. The minimum atomic E-state index is -2.15. The standard InChI is InChI=1S/C41H50FNO13/c1-6-7-9-37(49)56-41(25(2)20-30-29-14-13-27-22-28(44)17-18-38(27,3)40(29,42)33(45)23-39(30,41)4)34(46)24-53-35(47)16-12-26-11-15-31(32(21-26)52-5)55-36(48)10-8-19-54-43(50)51/h11-12,15-18,21-22,25,29-30,33,45H,6-10,13-14,19-20,23-24H2,1-5H3/b16-12+/t25-,29?,30?,33-,38-,39-,40-,41-/m0/s1. The zero-order valence-corrected chi connectivity index (χ0v) is 32.4. The summed E-state index contributed by atoms with van der Waals surface area (Å²) in [5.74, 6) is -4.63. The Hall–Kier alpha value is -4.92. The molecule has 3 fully saturated rings. The molecular weight excluding hydrogens is 733 g/mol. The molecule has 0 amide bonds. The predicted octanol–water partition coefficient (Wildman–Crippen LogP) is 5.80. The summed E-state index contributed by atoms with van der Waals surface area (Å²) in [6.07, 6.45) is 7.32. The molecule has 0 spiro atoms. The van der Waals surface area contributed by atoms with E-state index in [2.05, 4.69) is 4.84 Å². The Kier molecular flexibility index (Phi) is 12.6. The van der Waals surface area contributed by atoms with Gasteiger partial charge in [0.05, 0.1) is 19.8 Å². The molecule has 1 aromatic carbocycles. The number of alkyl halides is 1. The van der Waals surface area contributed by atoms with Gasteiger partial charge in [0, 0.05) is 41.6 Å². The van der Waals surface area contributed by atoms with Gasteiger partial charge in [0.1, 0.15) is 0 Å². The van der Waals surface area contributed by atoms with E-state index in [1.165, 1.54) is 43.5 Å². The second kappa shape index (κ2) is 16.7. The zero-order valence-electron chi connectivity index (χ0n) is 32.4. The number of esters is 3. The molecule has 2 unspecified atom stereocenters. The van der Waals surface area contributed by atoms with Crippen LogP contribution in [0.15, 0.2) is 48.1 Å². The molecule has 0 saturated heterocycles. The summed E-state index contributed by atoms with van der Waals surface area (Å²) in [6, 6.07) is 4.46. The summed E-state index contributed by atoms with van der Waals surface area (Å²) in [7, 11) is 1.35. The molecule has 304 valence electrons. The zero-order chi connectivity index (χ0) is 41.1. The molecule has 0 aromatic heterocycles. The number of allylic oxidation sites excluding steroid dienone is 4. The van der Waals surface area contributed by atoms with Crippen molar-refractivity contribution in [3.05, 3.63) is 63.8 Å². The number of nitrogens with zero attached hydrogens (tertiary/aromatic N) is 1. The lowest BCUT2D eigenvalue weighted by Gasteiger charge is -2.62. The van der Waals surface area contributed by atoms with Crippen LogP contribution in [0, 0.1) is 38.7 Å². The Bertz CT molecular complexity index is 1840. The summed E-state index contributed by atoms with van der Waals surface area (Å²) in [5, 5.41) is 21.2. The lowest BCUT2D eigenvalue weighted by atomic mass is 9.44. The number of methoxy groups -OCH3 is 1. The molecule has 15 heteroatoms. The molecule has 1 N–H and O–H groups in total. The van der Waals surface area contributed by atoms with Crippen LogP contribution >= 0.6 is 0 Å². The van der Waals surface area contributed by atoms with Crippen LogP contribution in [0.3, 0.4) is 0 Å². The monoisotopic (exact) mass is 783 g/mol. The van der Waals surface area contributed by atoms with Crippen molar-refractivity contribution in [3.8, 4) is 11.5 Å². The van der Waals surface area contributed by atoms with Crippen LogP contribution < -0.4 is 9.47 Å². The quantitative estimate of drug-likeness (QED) is 0.0528. The van der Waals surface area contributed by atoms with Crippen molar-refractivity contribution in [1.82, 2.24) is 0 Å². The molecule has 0 bridgehead atoms. The fraction of sp³-hybridized carbons (Fsp3) is 0.585. The SMILES string of the molecule is CCCCC(=O)O[C@]1(C(=O)COC(=O)/C=C/c2ccc(OC(=O)CCCO[N+](=O)[O-])c(OC)c2)[C@@H](C)CC2C3CCC4=CC(=O)C=C[C@]4(C)[C@@]3(F)[C@@H](O)C[C@@]21C. The van der Waals surface area contributed by atoms with E-state index in [9.17, 15) is 39.2 Å². The molecule has 0 heterocycles. The van der Waals surface area contributed by atoms with Crippen LogP contribution in [-0.4, -0.2) is 77.4 Å². The smallest absolute Gasteiger partial charge is 0.331 e. The van der Waals surface area contributed by atoms with E-state index in [0.29, 0.717) is 43.2 Å². The Balaban J connectivity index is 1.33. The highest BCUT2D eigenvalue weighted by molar-refractivity contribution is 6.01. The fourth-order valence-corrected chi connectivity index (χ4v) is 9.81. The number of aliphatic hydroxyl groups is 1. The summed E-state index contributed by atoms with van der Waals surface area (Å²) in [5.41, 5.74) is -5.37. The van der Waals surface area contributed by atoms with E-state index < -0.39 is 81.3 Å². The minimum Gasteiger partial charge on any atom is -0.493 e. The topological polar surface area (TPSA) is 195 Å². The lowest BCUT2D eigenvalue weighted by molar-refractivity contribution is -0.757. The number of fused-ring (bicyclic) bond motifs is 5. The summed E-state index contributed by atoms with van der Waals surface area (Å²) < 4.78 is 40.1. The molecule has 4 aliphatic rings. The first-order valence-corrected chi connectivity index (χ1v) is 19.0. The third-order valence-electron chi connectivity index (χ3n) is 12.5. The highest BCUT2D eigenvalue weighted by atomic mass is 19.1. The summed E-state index contributed by atoms with van der Waals surface area (Å²) in [4.78, 5) is 79.8. The van der Waals surface area contributed by atoms with Gasteiger partial charge < -0.3 is 28.9 Å². The van der Waals surface area contributed by atoms with Gasteiger partial charge in [-0.3, -0.25) is 19.2 Å². The van der Waals surface area contributed by atoms with Gasteiger partial charge in [0.15, 0.2) is 35.2 Å². The average molecular weight is 784 g/mol. The Morgan fingerprint density at radius 1 is 1.09 bits per heavy atom. The van der Waals surface area contributed by atoms with Gasteiger partial charge in [-0.2, -0.15) is 0 Å². The van der Waals surface area contributed by atoms with Crippen molar-refractivity contribution in [2.75, 3.05) is 20.3 Å². The minimum absolute atomic E-state index is 0.0476. The van der Waals surface area contributed by atoms with Gasteiger partial charge in [-0.15, -0.1) is 10.1 Å². The lowest BCUT2D eigenvalue weighted by Crippen LogP contribution is -2.70. The number of halogens is 1. The maximum Gasteiger partial charge on any atom is 0.331 e. The van der Waals surface area contributed by atoms with Crippen molar-refractivity contribution in [2.45, 2.75) is 103 Å². The summed E-state index contributed by atoms with van der Waals surface area (Å²) in [6.45, 7) is 6.15. The van der Waals surface area contributed by atoms with E-state index in [4.69, 9.17) is 18.9 Å². The number of unbranched alkanes of at least 4 members (excludes halogenated alkanes) is 1. The van der Waals surface area contributed by atoms with Crippen molar-refractivity contribution >= 4 is 35.6 Å². The van der Waals surface area contributed by atoms with Crippen molar-refractivity contribution in [1.29, 1.82) is 0 Å². The molecule has 0 aliphatic heterocycles. The fourth-order valence-electron chi connectivity index (χ4n) is 9.81. The first-order chi connectivity index (χ1) is 26.5. The number of aliphatic hydroxyl groups excluding tert-OH is 1. The molecule has 56 heavy (non-hydrogen) atoms. The number of hydrogen-bond acceptors (Lipinski definition) is 13. The maximum atomic E-state index is 17.8. The molecule has 4 aliphatic carbocycles. The van der Waals surface area contributed by atoms with E-state index in [-0.39, 0.29) is 49.6 Å². The van der Waals surface area contributed by atoms with Gasteiger partial charge in [-0.05, 0) is 87.3 Å². The molecule has 1 aromatic rings. The van der Waals surface area contributed by atoms with Crippen LogP contribution in [0.1, 0.15) is 91.0 Å². The third kappa shape index (κ3) is 7.61. The van der Waals surface area contributed by atoms with Crippen LogP contribution in [-0.2, 0) is 38.3 Å². The summed E-state index contributed by atoms with van der Waals surface area (Å²) >= 11 is 0. The van der Waals surface area contributed by atoms with E-state index in [1.807, 2.05) is 6.92 Å². The second-order valence-corrected chi connectivity index (χ2v) is 15.6. The Morgan fingerprint density at radius 3 is 2.52 bits per heavy atom. The molecule has 14 nitrogen and oxygen atoms in total. The van der Waals surface area contributed by atoms with Gasteiger partial charge in [-0.1, -0.05) is 44.9 Å². The highest BCUT2D eigenvalue weighted by Crippen LogP contribution is 2.71. The number of ketones is 2. The van der Waals surface area contributed by atoms with Gasteiger partial charge in [0.2, 0.25) is 5.78 Å². The molecule has 3 saturated carbocycles. The second-order valence-electron chi connectivity index (χ2n) is 15.6. The molecular formula is C41H50FNO13. The van der Waals surface area contributed by atoms with E-state index in [1.54, 1.807) is 26.8 Å². The first-order valence-electron chi connectivity index (χ1n) is 19.0. The van der Waals surface area contributed by atoms with Gasteiger partial charge in [-0.25, -0.2) is 9.18 Å². The van der Waals surface area contributed by atoms with Gasteiger partial charge in [0.25, 0.3) is 5.09 Å². The van der Waals surface area contributed by atoms with Crippen LogP contribution in [0.5, 0.6) is 11.5 Å². The van der Waals surface area contributed by atoms with Crippen molar-refractivity contribution in [3.63, 3.8) is 0 Å². The molecule has 8 atom stereocenters. The molecule has 5 rings (SSSR count). The largest absolute Gasteiger partial charge is 0.493 e. The van der Waals surface area contributed by atoms with Crippen LogP contribution in [0.2, 0.25) is 0 Å². The van der Waals surface area contributed by atoms with Crippen molar-refractivity contribution in [2.24, 2.45) is 28.6 Å². The normalized spacial score (nSPS) is 31.7.